The Bertz CT molecular complexity index is 176. The van der Waals surface area contributed by atoms with Crippen molar-refractivity contribution in [2.45, 2.75) is 0 Å². The third-order valence-corrected chi connectivity index (χ3v) is 0. The van der Waals surface area contributed by atoms with Crippen LogP contribution in [0.5, 0.6) is 0 Å². The predicted octanol–water partition coefficient (Wildman–Crippen LogP) is -3.14. The third kappa shape index (κ3) is 219. The molecule has 14 heavy (non-hydrogen) atoms. The van der Waals surface area contributed by atoms with Crippen molar-refractivity contribution in [3.8, 4) is 0 Å². The molecular weight excluding hydrogens is 318 g/mol. The van der Waals surface area contributed by atoms with Gasteiger partial charge in [-0.05, 0) is 0 Å². The Balaban J connectivity index is -0.0000000104. The summed E-state index contributed by atoms with van der Waals surface area (Å²) in [5.41, 5.74) is 0. The summed E-state index contributed by atoms with van der Waals surface area (Å²) in [6.07, 6.45) is -1.83. The van der Waals surface area contributed by atoms with Crippen molar-refractivity contribution < 1.29 is 32.5 Å². The molecule has 0 aromatic carbocycles. The Morgan fingerprint density at radius 2 is 1.07 bits per heavy atom. The summed E-state index contributed by atoms with van der Waals surface area (Å²) in [5, 5.41) is 13.9. The molecule has 0 saturated heterocycles. The van der Waals surface area contributed by atoms with E-state index in [1.807, 2.05) is 0 Å². The molecule has 0 bridgehead atoms. The summed E-state index contributed by atoms with van der Waals surface area (Å²) >= 11 is 0. The van der Waals surface area contributed by atoms with Crippen molar-refractivity contribution in [1.29, 1.82) is 0 Å². The zero-order valence-corrected chi connectivity index (χ0v) is 5.96. The third-order valence-electron chi connectivity index (χ3n) is 0. The molecule has 0 heterocycles. The number of carbonyl (C=O) groups is 1. The number of hydrogen-bond acceptors (Lipinski definition) is 3. The van der Waals surface area contributed by atoms with Gasteiger partial charge in [0.05, 0.1) is 0 Å². The molecule has 0 aliphatic carbocycles. The van der Waals surface area contributed by atoms with Crippen molar-refractivity contribution in [3.05, 3.63) is 0 Å². The molecule has 0 aliphatic heterocycles. The monoisotopic (exact) mass is 328 g/mol. The summed E-state index contributed by atoms with van der Waals surface area (Å²) in [4.78, 5) is 8.56. The van der Waals surface area contributed by atoms with Crippen LogP contribution in [0.15, 0.2) is 0 Å². The Labute approximate surface area is 198 Å². The Morgan fingerprint density at radius 3 is 1.07 bits per heavy atom. The molecule has 0 rings (SSSR count). The molecular formula is CH11CaClKMgNaO7S. The van der Waals surface area contributed by atoms with Gasteiger partial charge in [0.25, 0.3) is 0 Å². The van der Waals surface area contributed by atoms with Gasteiger partial charge in [0.15, 0.2) is 0 Å². The molecule has 0 unspecified atom stereocenters. The minimum atomic E-state index is -4.67. The van der Waals surface area contributed by atoms with Gasteiger partial charge >= 0.3 is 158 Å². The fourth-order valence-electron chi connectivity index (χ4n) is 0. The summed E-state index contributed by atoms with van der Waals surface area (Å²) < 4.78 is 31.6. The van der Waals surface area contributed by atoms with Gasteiger partial charge in [0, 0.05) is 0 Å². The average molecular weight is 329 g/mol. The second-order valence-electron chi connectivity index (χ2n) is 0.730. The molecule has 76 valence electrons. The van der Waals surface area contributed by atoms with Crippen molar-refractivity contribution in [2.24, 2.45) is 0 Å². The van der Waals surface area contributed by atoms with E-state index in [1.165, 1.54) is 0 Å². The van der Waals surface area contributed by atoms with Gasteiger partial charge in [-0.15, -0.1) is 12.4 Å². The van der Waals surface area contributed by atoms with E-state index in [-0.39, 0.29) is 154 Å². The fraction of sp³-hybridized carbons (Fsp3) is 0. The van der Waals surface area contributed by atoms with Crippen molar-refractivity contribution >= 4 is 171 Å². The fourth-order valence-corrected chi connectivity index (χ4v) is 0. The Morgan fingerprint density at radius 1 is 1.07 bits per heavy atom. The first kappa shape index (κ1) is 43.0. The van der Waals surface area contributed by atoms with Crippen LogP contribution in [0, 0.1) is 0 Å². The molecule has 0 fully saturated rings. The van der Waals surface area contributed by atoms with E-state index in [2.05, 4.69) is 0 Å². The van der Waals surface area contributed by atoms with Gasteiger partial charge in [0.1, 0.15) is 0 Å². The van der Waals surface area contributed by atoms with Gasteiger partial charge in [-0.2, -0.15) is 8.42 Å². The molecule has 0 atom stereocenters. The zero-order chi connectivity index (χ0) is 8.08. The van der Waals surface area contributed by atoms with Crippen molar-refractivity contribution in [2.75, 3.05) is 0 Å². The van der Waals surface area contributed by atoms with E-state index >= 15 is 0 Å². The second-order valence-corrected chi connectivity index (χ2v) is 1.63. The van der Waals surface area contributed by atoms with Gasteiger partial charge < -0.3 is 10.2 Å². The van der Waals surface area contributed by atoms with Crippen molar-refractivity contribution in [3.63, 3.8) is 0 Å². The number of halogens is 1. The van der Waals surface area contributed by atoms with E-state index in [1.54, 1.807) is 0 Å². The van der Waals surface area contributed by atoms with Gasteiger partial charge in [-0.3, -0.25) is 9.11 Å². The van der Waals surface area contributed by atoms with E-state index in [0.717, 1.165) is 0 Å². The van der Waals surface area contributed by atoms with Crippen LogP contribution in [0.3, 0.4) is 0 Å². The number of rotatable bonds is 0. The van der Waals surface area contributed by atoms with Crippen LogP contribution in [0.25, 0.3) is 0 Å². The van der Waals surface area contributed by atoms with E-state index in [9.17, 15) is 0 Å². The number of hydrogen-bond donors (Lipinski definition) is 4. The van der Waals surface area contributed by atoms with Crippen LogP contribution >= 0.6 is 12.4 Å². The van der Waals surface area contributed by atoms with Gasteiger partial charge in [0.2, 0.25) is 0 Å². The maximum atomic E-state index is 8.74. The summed E-state index contributed by atoms with van der Waals surface area (Å²) in [7, 11) is -4.67. The molecule has 13 heteroatoms. The summed E-state index contributed by atoms with van der Waals surface area (Å²) in [6, 6.07) is 0. The van der Waals surface area contributed by atoms with Crippen LogP contribution in [0.2, 0.25) is 0 Å². The molecule has 0 aliphatic rings. The van der Waals surface area contributed by atoms with Crippen LogP contribution in [0.4, 0.5) is 4.79 Å². The molecule has 0 aromatic rings. The second kappa shape index (κ2) is 25.8. The number of carboxylic acid groups (broad SMARTS) is 2. The average Bonchev–Trinajstić information content (AvgIpc) is 1.19. The molecule has 0 spiro atoms. The topological polar surface area (TPSA) is 132 Å². The van der Waals surface area contributed by atoms with Crippen LogP contribution < -0.4 is 0 Å². The predicted molar refractivity (Wildman–Crippen MR) is 63.5 cm³/mol. The SMILES string of the molecule is Cl.O=C(O)O.O=S(=O)(O)O.[CaH2].[KH].[MgH2].[NaH]. The van der Waals surface area contributed by atoms with Gasteiger partial charge in [-0.1, -0.05) is 0 Å². The minimum absolute atomic E-state index is 0. The van der Waals surface area contributed by atoms with Crippen LogP contribution in [-0.4, -0.2) is 176 Å². The zero-order valence-electron chi connectivity index (χ0n) is 4.33. The van der Waals surface area contributed by atoms with Crippen molar-refractivity contribution in [1.82, 2.24) is 0 Å². The molecule has 7 nitrogen and oxygen atoms in total. The molecule has 0 radical (unpaired) electrons. The Hall–Kier alpha value is 4.09. The first-order valence-electron chi connectivity index (χ1n) is 1.35. The normalized spacial score (nSPS) is 5.86. The first-order chi connectivity index (χ1) is 3.73. The van der Waals surface area contributed by atoms with Gasteiger partial charge in [-0.25, -0.2) is 4.79 Å². The van der Waals surface area contributed by atoms with E-state index in [0.29, 0.717) is 0 Å². The first-order valence-corrected chi connectivity index (χ1v) is 2.75. The van der Waals surface area contributed by atoms with E-state index in [4.69, 9.17) is 32.5 Å². The Kier molecular flexibility index (Phi) is 79.2. The standard InChI is InChI=1S/CH2O3.Ca.ClH.K.Mg.Na.H2O4S.6H/c2-1(3)4;;;;;;1-5(2,3)4;;;;;;/h(H2,2,3,4);;1H;;;;(H2,1,2,3,4);;;;;;. The quantitative estimate of drug-likeness (QED) is 0.273. The molecule has 4 N–H and O–H groups in total. The summed E-state index contributed by atoms with van der Waals surface area (Å²) in [6.45, 7) is 0. The van der Waals surface area contributed by atoms with E-state index < -0.39 is 16.6 Å². The summed E-state index contributed by atoms with van der Waals surface area (Å²) in [5.74, 6) is 0. The molecule has 0 saturated carbocycles. The van der Waals surface area contributed by atoms with Crippen LogP contribution in [-0.2, 0) is 10.4 Å². The molecule has 0 aromatic heterocycles. The maximum absolute atomic E-state index is 8.74. The molecule has 0 amide bonds. The van der Waals surface area contributed by atoms with Crippen LogP contribution in [0.1, 0.15) is 0 Å².